The van der Waals surface area contributed by atoms with Gasteiger partial charge in [0.1, 0.15) is 11.5 Å². The Balaban J connectivity index is 1.72. The summed E-state index contributed by atoms with van der Waals surface area (Å²) in [5, 5.41) is 18.4. The smallest absolute Gasteiger partial charge is 0.325 e. The molecule has 1 aromatic rings. The van der Waals surface area contributed by atoms with Gasteiger partial charge in [-0.1, -0.05) is 24.3 Å². The van der Waals surface area contributed by atoms with Crippen molar-refractivity contribution >= 4 is 11.9 Å². The molecule has 0 radical (unpaired) electrons. The van der Waals surface area contributed by atoms with Gasteiger partial charge < -0.3 is 19.7 Å². The molecule has 0 atom stereocenters. The minimum atomic E-state index is -1.93. The zero-order valence-electron chi connectivity index (χ0n) is 13.0. The van der Waals surface area contributed by atoms with E-state index < -0.39 is 23.1 Å². The van der Waals surface area contributed by atoms with Crippen LogP contribution in [-0.2, 0) is 14.3 Å². The zero-order valence-corrected chi connectivity index (χ0v) is 13.0. The topological polar surface area (TPSA) is 93.1 Å². The molecule has 0 spiro atoms. The number of aliphatic carboxylic acids is 2. The molecule has 0 amide bonds. The van der Waals surface area contributed by atoms with Crippen LogP contribution in [0.1, 0.15) is 25.7 Å². The highest BCUT2D eigenvalue weighted by Crippen LogP contribution is 2.41. The molecule has 1 fully saturated rings. The van der Waals surface area contributed by atoms with Gasteiger partial charge in [0.25, 0.3) is 5.79 Å². The Morgan fingerprint density at radius 3 is 2.12 bits per heavy atom. The number of benzene rings is 1. The molecule has 0 aliphatic heterocycles. The average Bonchev–Trinajstić information content (AvgIpc) is 2.54. The molecule has 0 bridgehead atoms. The molecule has 0 aromatic heterocycles. The first-order chi connectivity index (χ1) is 11.5. The van der Waals surface area contributed by atoms with Gasteiger partial charge in [-0.3, -0.25) is 9.59 Å². The highest BCUT2D eigenvalue weighted by atomic mass is 16.7. The highest BCUT2D eigenvalue weighted by molar-refractivity contribution is 6.01. The molecule has 1 saturated carbocycles. The molecule has 2 aliphatic carbocycles. The molecule has 126 valence electrons. The van der Waals surface area contributed by atoms with Crippen LogP contribution in [0.15, 0.2) is 54.3 Å². The van der Waals surface area contributed by atoms with Gasteiger partial charge in [-0.2, -0.15) is 0 Å². The van der Waals surface area contributed by atoms with Gasteiger partial charge in [0, 0.05) is 12.8 Å². The second-order valence-corrected chi connectivity index (χ2v) is 6.01. The summed E-state index contributed by atoms with van der Waals surface area (Å²) in [6.07, 6.45) is 6.31. The van der Waals surface area contributed by atoms with Crippen LogP contribution in [-0.4, -0.2) is 27.9 Å². The lowest BCUT2D eigenvalue weighted by atomic mass is 9.81. The van der Waals surface area contributed by atoms with E-state index in [1.165, 1.54) is 18.2 Å². The lowest BCUT2D eigenvalue weighted by Gasteiger charge is -2.42. The first-order valence-electron chi connectivity index (χ1n) is 7.75. The molecule has 0 heterocycles. The van der Waals surface area contributed by atoms with Gasteiger partial charge in [-0.25, -0.2) is 0 Å². The van der Waals surface area contributed by atoms with Crippen molar-refractivity contribution < 1.29 is 29.3 Å². The Morgan fingerprint density at radius 1 is 1.00 bits per heavy atom. The van der Waals surface area contributed by atoms with Crippen molar-refractivity contribution in [2.75, 3.05) is 0 Å². The fourth-order valence-corrected chi connectivity index (χ4v) is 2.71. The third kappa shape index (κ3) is 2.87. The number of hydrogen-bond donors (Lipinski definition) is 2. The quantitative estimate of drug-likeness (QED) is 0.615. The molecular weight excluding hydrogens is 312 g/mol. The first kappa shape index (κ1) is 16.1. The summed E-state index contributed by atoms with van der Waals surface area (Å²) in [5.74, 6) is -2.42. The van der Waals surface area contributed by atoms with E-state index in [1.807, 2.05) is 30.3 Å². The van der Waals surface area contributed by atoms with E-state index in [9.17, 15) is 19.8 Å². The normalized spacial score (nSPS) is 20.4. The SMILES string of the molecule is O=C(O)C1(C(=O)O)C=CC(OC2(Oc3ccccc3)CCC2)=CC1. The Bertz CT molecular complexity index is 685. The van der Waals surface area contributed by atoms with Crippen LogP contribution >= 0.6 is 0 Å². The standard InChI is InChI=1S/C18H18O6/c19-15(20)17(16(21)22)11-7-14(8-12-17)24-18(9-4-10-18)23-13-5-2-1-3-6-13/h1-3,5-8,11H,4,9-10,12H2,(H,19,20)(H,21,22). The van der Waals surface area contributed by atoms with Gasteiger partial charge in [0.2, 0.25) is 0 Å². The van der Waals surface area contributed by atoms with Gasteiger partial charge in [0.15, 0.2) is 5.41 Å². The number of carbonyl (C=O) groups is 2. The lowest BCUT2D eigenvalue weighted by molar-refractivity contribution is -0.202. The van der Waals surface area contributed by atoms with Crippen molar-refractivity contribution in [2.45, 2.75) is 31.5 Å². The molecule has 0 unspecified atom stereocenters. The van der Waals surface area contributed by atoms with Crippen LogP contribution in [0, 0.1) is 5.41 Å². The van der Waals surface area contributed by atoms with Crippen molar-refractivity contribution in [3.8, 4) is 5.75 Å². The number of ether oxygens (including phenoxy) is 2. The third-order valence-corrected chi connectivity index (χ3v) is 4.39. The average molecular weight is 330 g/mol. The maximum atomic E-state index is 11.3. The van der Waals surface area contributed by atoms with E-state index in [0.717, 1.165) is 19.3 Å². The van der Waals surface area contributed by atoms with Gasteiger partial charge in [-0.05, 0) is 37.1 Å². The van der Waals surface area contributed by atoms with E-state index in [0.29, 0.717) is 11.5 Å². The molecule has 3 rings (SSSR count). The maximum absolute atomic E-state index is 11.3. The van der Waals surface area contributed by atoms with Crippen LogP contribution in [0.5, 0.6) is 5.75 Å². The molecule has 2 N–H and O–H groups in total. The van der Waals surface area contributed by atoms with Gasteiger partial charge in [0.05, 0.1) is 0 Å². The van der Waals surface area contributed by atoms with Crippen molar-refractivity contribution in [3.63, 3.8) is 0 Å². The number of allylic oxidation sites excluding steroid dienone is 2. The summed E-state index contributed by atoms with van der Waals surface area (Å²) in [6.45, 7) is 0. The van der Waals surface area contributed by atoms with Crippen LogP contribution in [0.4, 0.5) is 0 Å². The van der Waals surface area contributed by atoms with Crippen LogP contribution < -0.4 is 4.74 Å². The first-order valence-corrected chi connectivity index (χ1v) is 7.75. The Morgan fingerprint density at radius 2 is 1.67 bits per heavy atom. The highest BCUT2D eigenvalue weighted by Gasteiger charge is 2.47. The van der Waals surface area contributed by atoms with E-state index in [2.05, 4.69) is 0 Å². The molecule has 2 aliphatic rings. The van der Waals surface area contributed by atoms with Gasteiger partial charge >= 0.3 is 11.9 Å². The molecule has 6 nitrogen and oxygen atoms in total. The number of carboxylic acids is 2. The summed E-state index contributed by atoms with van der Waals surface area (Å²) in [4.78, 5) is 22.6. The molecule has 0 saturated heterocycles. The molecular formula is C18H18O6. The lowest BCUT2D eigenvalue weighted by Crippen LogP contribution is -2.46. The number of rotatable bonds is 6. The molecule has 1 aromatic carbocycles. The zero-order chi connectivity index (χ0) is 17.2. The van der Waals surface area contributed by atoms with E-state index in [1.54, 1.807) is 0 Å². The molecule has 24 heavy (non-hydrogen) atoms. The van der Waals surface area contributed by atoms with Crippen LogP contribution in [0.2, 0.25) is 0 Å². The summed E-state index contributed by atoms with van der Waals surface area (Å²) in [6, 6.07) is 9.32. The number of carboxylic acid groups (broad SMARTS) is 2. The van der Waals surface area contributed by atoms with E-state index >= 15 is 0 Å². The minimum Gasteiger partial charge on any atom is -0.480 e. The van der Waals surface area contributed by atoms with Crippen molar-refractivity contribution in [1.29, 1.82) is 0 Å². The Labute approximate surface area is 139 Å². The second-order valence-electron chi connectivity index (χ2n) is 6.01. The minimum absolute atomic E-state index is 0.162. The summed E-state index contributed by atoms with van der Waals surface area (Å²) >= 11 is 0. The third-order valence-electron chi connectivity index (χ3n) is 4.39. The Kier molecular flexibility index (Phi) is 4.05. The summed E-state index contributed by atoms with van der Waals surface area (Å²) in [5.41, 5.74) is -1.93. The van der Waals surface area contributed by atoms with Crippen molar-refractivity contribution in [1.82, 2.24) is 0 Å². The van der Waals surface area contributed by atoms with Crippen molar-refractivity contribution in [3.05, 3.63) is 54.3 Å². The maximum Gasteiger partial charge on any atom is 0.325 e. The summed E-state index contributed by atoms with van der Waals surface area (Å²) in [7, 11) is 0. The fraction of sp³-hybridized carbons (Fsp3) is 0.333. The van der Waals surface area contributed by atoms with E-state index in [4.69, 9.17) is 9.47 Å². The number of para-hydroxylation sites is 1. The fourth-order valence-electron chi connectivity index (χ4n) is 2.71. The van der Waals surface area contributed by atoms with E-state index in [-0.39, 0.29) is 6.42 Å². The van der Waals surface area contributed by atoms with Gasteiger partial charge in [-0.15, -0.1) is 0 Å². The van der Waals surface area contributed by atoms with Crippen molar-refractivity contribution in [2.24, 2.45) is 5.41 Å². The van der Waals surface area contributed by atoms with Crippen LogP contribution in [0.25, 0.3) is 0 Å². The van der Waals surface area contributed by atoms with Crippen LogP contribution in [0.3, 0.4) is 0 Å². The largest absolute Gasteiger partial charge is 0.480 e. The molecule has 6 heteroatoms. The predicted molar refractivity (Wildman–Crippen MR) is 84.3 cm³/mol. The predicted octanol–water partition coefficient (Wildman–Crippen LogP) is 2.96. The monoisotopic (exact) mass is 330 g/mol. The summed E-state index contributed by atoms with van der Waals surface area (Å²) < 4.78 is 11.9. The number of hydrogen-bond acceptors (Lipinski definition) is 4. The second kappa shape index (κ2) is 6.03. The Hall–Kier alpha value is -2.76.